The molecule has 4 nitrogen and oxygen atoms in total. The van der Waals surface area contributed by atoms with Gasteiger partial charge in [-0.05, 0) is 18.2 Å². The molecule has 0 spiro atoms. The van der Waals surface area contributed by atoms with Crippen molar-refractivity contribution >= 4 is 10.0 Å². The summed E-state index contributed by atoms with van der Waals surface area (Å²) in [5, 5.41) is 3.05. The summed E-state index contributed by atoms with van der Waals surface area (Å²) in [4.78, 5) is 0. The zero-order valence-corrected chi connectivity index (χ0v) is 12.2. The average Bonchev–Trinajstić information content (AvgIpc) is 2.38. The maximum Gasteiger partial charge on any atom is 0.219 e. The van der Waals surface area contributed by atoms with E-state index in [1.165, 1.54) is 4.31 Å². The van der Waals surface area contributed by atoms with Crippen LogP contribution in [0.3, 0.4) is 0 Å². The number of hydrogen-bond acceptors (Lipinski definition) is 3. The molecule has 104 valence electrons. The lowest BCUT2D eigenvalue weighted by atomic mass is 10.1. The number of terminal acetylenes is 1. The Bertz CT molecular complexity index is 530. The van der Waals surface area contributed by atoms with Crippen LogP contribution in [-0.2, 0) is 22.3 Å². The van der Waals surface area contributed by atoms with E-state index in [0.29, 0.717) is 6.54 Å². The summed E-state index contributed by atoms with van der Waals surface area (Å²) in [6.07, 6.45) is 5.19. The number of sulfonamides is 1. The van der Waals surface area contributed by atoms with E-state index in [2.05, 4.69) is 11.2 Å². The van der Waals surface area contributed by atoms with Crippen molar-refractivity contribution in [3.63, 3.8) is 0 Å². The van der Waals surface area contributed by atoms with Gasteiger partial charge in [0, 0.05) is 13.1 Å². The molecule has 0 fully saturated rings. The van der Waals surface area contributed by atoms with Crippen molar-refractivity contribution < 1.29 is 8.42 Å². The number of hydrogen-bond donors (Lipinski definition) is 1. The van der Waals surface area contributed by atoms with Crippen LogP contribution in [0.1, 0.15) is 18.1 Å². The highest BCUT2D eigenvalue weighted by Crippen LogP contribution is 2.12. The van der Waals surface area contributed by atoms with Crippen LogP contribution in [0.25, 0.3) is 0 Å². The Morgan fingerprint density at radius 2 is 1.84 bits per heavy atom. The van der Waals surface area contributed by atoms with Crippen LogP contribution in [0.4, 0.5) is 0 Å². The standard InChI is InChI=1S/C14H20N2O2S/c1-4-10-16(5-2)19(17,18)12-14-8-6-13(7-9-14)11-15-3/h1,6-9,15H,5,10-12H2,2-3H3. The predicted molar refractivity (Wildman–Crippen MR) is 77.9 cm³/mol. The topological polar surface area (TPSA) is 49.4 Å². The second kappa shape index (κ2) is 7.29. The van der Waals surface area contributed by atoms with Crippen molar-refractivity contribution in [1.29, 1.82) is 0 Å². The lowest BCUT2D eigenvalue weighted by Gasteiger charge is -2.17. The fraction of sp³-hybridized carbons (Fsp3) is 0.429. The molecule has 0 heterocycles. The van der Waals surface area contributed by atoms with Crippen molar-refractivity contribution in [2.75, 3.05) is 20.1 Å². The van der Waals surface area contributed by atoms with Gasteiger partial charge < -0.3 is 5.32 Å². The van der Waals surface area contributed by atoms with E-state index < -0.39 is 10.0 Å². The second-order valence-electron chi connectivity index (χ2n) is 4.23. The number of rotatable bonds is 7. The highest BCUT2D eigenvalue weighted by molar-refractivity contribution is 7.88. The Labute approximate surface area is 115 Å². The van der Waals surface area contributed by atoms with Gasteiger partial charge >= 0.3 is 0 Å². The number of nitrogens with one attached hydrogen (secondary N) is 1. The number of benzene rings is 1. The molecule has 0 unspecified atom stereocenters. The quantitative estimate of drug-likeness (QED) is 0.763. The maximum absolute atomic E-state index is 12.1. The predicted octanol–water partition coefficient (Wildman–Crippen LogP) is 1.19. The third-order valence-corrected chi connectivity index (χ3v) is 4.64. The second-order valence-corrected chi connectivity index (χ2v) is 6.20. The number of nitrogens with zero attached hydrogens (tertiary/aromatic N) is 1. The van der Waals surface area contributed by atoms with Gasteiger partial charge in [-0.25, -0.2) is 8.42 Å². The van der Waals surface area contributed by atoms with Crippen LogP contribution in [-0.4, -0.2) is 32.9 Å². The van der Waals surface area contributed by atoms with Gasteiger partial charge in [-0.2, -0.15) is 4.31 Å². The molecule has 0 aliphatic heterocycles. The van der Waals surface area contributed by atoms with Crippen LogP contribution in [0.2, 0.25) is 0 Å². The normalized spacial score (nSPS) is 11.5. The zero-order chi connectivity index (χ0) is 14.3. The highest BCUT2D eigenvalue weighted by atomic mass is 32.2. The van der Waals surface area contributed by atoms with Gasteiger partial charge in [0.25, 0.3) is 0 Å². The molecule has 0 aliphatic carbocycles. The lowest BCUT2D eigenvalue weighted by molar-refractivity contribution is 0.463. The van der Waals surface area contributed by atoms with Crippen molar-refractivity contribution in [1.82, 2.24) is 9.62 Å². The Hall–Kier alpha value is -1.35. The molecule has 0 radical (unpaired) electrons. The summed E-state index contributed by atoms with van der Waals surface area (Å²) in [6.45, 7) is 3.07. The average molecular weight is 280 g/mol. The molecule has 0 amide bonds. The third-order valence-electron chi connectivity index (χ3n) is 2.77. The van der Waals surface area contributed by atoms with E-state index in [1.54, 1.807) is 6.92 Å². The lowest BCUT2D eigenvalue weighted by Crippen LogP contribution is -2.32. The molecule has 5 heteroatoms. The minimum absolute atomic E-state index is 0.0116. The van der Waals surface area contributed by atoms with Gasteiger partial charge in [0.15, 0.2) is 0 Å². The molecular weight excluding hydrogens is 260 g/mol. The third kappa shape index (κ3) is 4.67. The Kier molecular flexibility index (Phi) is 6.03. The first-order chi connectivity index (χ1) is 9.03. The Morgan fingerprint density at radius 1 is 1.26 bits per heavy atom. The van der Waals surface area contributed by atoms with Crippen LogP contribution in [0.5, 0.6) is 0 Å². The van der Waals surface area contributed by atoms with Gasteiger partial charge in [-0.3, -0.25) is 0 Å². The summed E-state index contributed by atoms with van der Waals surface area (Å²) in [7, 11) is -1.47. The largest absolute Gasteiger partial charge is 0.316 e. The smallest absolute Gasteiger partial charge is 0.219 e. The molecule has 1 aromatic carbocycles. The molecule has 0 saturated heterocycles. The van der Waals surface area contributed by atoms with Crippen LogP contribution >= 0.6 is 0 Å². The molecule has 0 bridgehead atoms. The molecule has 0 saturated carbocycles. The molecule has 0 aromatic heterocycles. The Morgan fingerprint density at radius 3 is 2.32 bits per heavy atom. The van der Waals surface area contributed by atoms with Gasteiger partial charge in [0.05, 0.1) is 12.3 Å². The summed E-state index contributed by atoms with van der Waals surface area (Å²) in [6, 6.07) is 7.54. The zero-order valence-electron chi connectivity index (χ0n) is 11.4. The summed E-state index contributed by atoms with van der Waals surface area (Å²) >= 11 is 0. The Balaban J connectivity index is 2.80. The van der Waals surface area contributed by atoms with Crippen LogP contribution in [0.15, 0.2) is 24.3 Å². The molecule has 19 heavy (non-hydrogen) atoms. The van der Waals surface area contributed by atoms with Crippen LogP contribution in [0, 0.1) is 12.3 Å². The fourth-order valence-electron chi connectivity index (χ4n) is 1.77. The minimum atomic E-state index is -3.34. The first kappa shape index (κ1) is 15.7. The monoisotopic (exact) mass is 280 g/mol. The molecule has 1 rings (SSSR count). The van der Waals surface area contributed by atoms with Gasteiger partial charge in [-0.1, -0.05) is 37.1 Å². The van der Waals surface area contributed by atoms with E-state index in [-0.39, 0.29) is 12.3 Å². The van der Waals surface area contributed by atoms with Gasteiger partial charge in [0.1, 0.15) is 0 Å². The van der Waals surface area contributed by atoms with E-state index in [9.17, 15) is 8.42 Å². The summed E-state index contributed by atoms with van der Waals surface area (Å²) in [5.41, 5.74) is 1.90. The van der Waals surface area contributed by atoms with E-state index >= 15 is 0 Å². The molecule has 1 aromatic rings. The maximum atomic E-state index is 12.1. The van der Waals surface area contributed by atoms with E-state index in [1.807, 2.05) is 31.3 Å². The van der Waals surface area contributed by atoms with Crippen molar-refractivity contribution in [3.05, 3.63) is 35.4 Å². The summed E-state index contributed by atoms with van der Waals surface area (Å²) in [5.74, 6) is 2.36. The van der Waals surface area contributed by atoms with Gasteiger partial charge in [0.2, 0.25) is 10.0 Å². The fourth-order valence-corrected chi connectivity index (χ4v) is 3.23. The summed E-state index contributed by atoms with van der Waals surface area (Å²) < 4.78 is 25.6. The van der Waals surface area contributed by atoms with E-state index in [0.717, 1.165) is 17.7 Å². The first-order valence-electron chi connectivity index (χ1n) is 6.17. The molecule has 0 atom stereocenters. The van der Waals surface area contributed by atoms with Crippen LogP contribution < -0.4 is 5.32 Å². The molecule has 1 N–H and O–H groups in total. The SMILES string of the molecule is C#CCN(CC)S(=O)(=O)Cc1ccc(CNC)cc1. The highest BCUT2D eigenvalue weighted by Gasteiger charge is 2.19. The van der Waals surface area contributed by atoms with Crippen molar-refractivity contribution in [3.8, 4) is 12.3 Å². The minimum Gasteiger partial charge on any atom is -0.316 e. The van der Waals surface area contributed by atoms with Gasteiger partial charge in [-0.15, -0.1) is 6.42 Å². The van der Waals surface area contributed by atoms with Crippen molar-refractivity contribution in [2.24, 2.45) is 0 Å². The van der Waals surface area contributed by atoms with Crippen molar-refractivity contribution in [2.45, 2.75) is 19.2 Å². The molecule has 0 aliphatic rings. The molecular formula is C14H20N2O2S. The van der Waals surface area contributed by atoms with E-state index in [4.69, 9.17) is 6.42 Å². The first-order valence-corrected chi connectivity index (χ1v) is 7.78.